The highest BCUT2D eigenvalue weighted by atomic mass is 35.5. The van der Waals surface area contributed by atoms with Crippen molar-refractivity contribution in [1.82, 2.24) is 14.7 Å². The highest BCUT2D eigenvalue weighted by Gasteiger charge is 2.15. The Hall–Kier alpha value is -2.01. The van der Waals surface area contributed by atoms with Crippen molar-refractivity contribution < 1.29 is 9.26 Å². The largest absolute Gasteiger partial charge is 0.497 e. The van der Waals surface area contributed by atoms with Crippen molar-refractivity contribution in [3.63, 3.8) is 0 Å². The quantitative estimate of drug-likeness (QED) is 0.693. The van der Waals surface area contributed by atoms with Crippen molar-refractivity contribution in [3.05, 3.63) is 41.0 Å². The van der Waals surface area contributed by atoms with Crippen LogP contribution in [-0.2, 0) is 12.4 Å². The van der Waals surface area contributed by atoms with E-state index in [0.717, 1.165) is 39.6 Å². The molecular weight excluding hydrogens is 290 g/mol. The summed E-state index contributed by atoms with van der Waals surface area (Å²) >= 11 is 6.04. The number of hydrogen-bond donors (Lipinski definition) is 0. The van der Waals surface area contributed by atoms with Crippen LogP contribution in [0.1, 0.15) is 22.8 Å². The maximum Gasteiger partial charge on any atom is 0.138 e. The molecular formula is C15H16ClN3O2. The molecule has 0 radical (unpaired) electrons. The van der Waals surface area contributed by atoms with Crippen LogP contribution in [0.2, 0.25) is 0 Å². The Morgan fingerprint density at radius 1 is 1.33 bits per heavy atom. The third kappa shape index (κ3) is 2.38. The van der Waals surface area contributed by atoms with Gasteiger partial charge in [-0.3, -0.25) is 0 Å². The number of ether oxygens (including phenoxy) is 1. The molecule has 0 spiro atoms. The average molecular weight is 306 g/mol. The Morgan fingerprint density at radius 2 is 2.14 bits per heavy atom. The average Bonchev–Trinajstić information content (AvgIpc) is 3.01. The summed E-state index contributed by atoms with van der Waals surface area (Å²) in [6.07, 6.45) is 0. The number of rotatable bonds is 4. The minimum Gasteiger partial charge on any atom is -0.497 e. The maximum absolute atomic E-state index is 6.04. The molecule has 0 bridgehead atoms. The Labute approximate surface area is 127 Å². The van der Waals surface area contributed by atoms with Crippen molar-refractivity contribution in [2.45, 2.75) is 26.3 Å². The van der Waals surface area contributed by atoms with Crippen LogP contribution in [0.3, 0.4) is 0 Å². The molecule has 0 saturated heterocycles. The first-order chi connectivity index (χ1) is 10.1. The molecule has 0 atom stereocenters. The van der Waals surface area contributed by atoms with Gasteiger partial charge in [0.15, 0.2) is 0 Å². The van der Waals surface area contributed by atoms with Gasteiger partial charge in [-0.1, -0.05) is 5.16 Å². The predicted molar refractivity (Wildman–Crippen MR) is 80.9 cm³/mol. The molecule has 0 amide bonds. The fraction of sp³-hybridized carbons (Fsp3) is 0.333. The molecule has 110 valence electrons. The topological polar surface area (TPSA) is 53.1 Å². The minimum atomic E-state index is 0.348. The number of imidazole rings is 1. The van der Waals surface area contributed by atoms with Crippen molar-refractivity contribution in [3.8, 4) is 5.75 Å². The van der Waals surface area contributed by atoms with Gasteiger partial charge in [-0.25, -0.2) is 4.98 Å². The van der Waals surface area contributed by atoms with E-state index in [1.165, 1.54) is 0 Å². The van der Waals surface area contributed by atoms with Gasteiger partial charge in [0.1, 0.15) is 17.3 Å². The fourth-order valence-electron chi connectivity index (χ4n) is 2.44. The molecule has 0 aliphatic heterocycles. The summed E-state index contributed by atoms with van der Waals surface area (Å²) < 4.78 is 12.6. The number of aromatic nitrogens is 3. The number of aryl methyl sites for hydroxylation is 2. The lowest BCUT2D eigenvalue weighted by atomic mass is 10.2. The Kier molecular flexibility index (Phi) is 3.59. The van der Waals surface area contributed by atoms with Crippen LogP contribution in [-0.4, -0.2) is 21.8 Å². The summed E-state index contributed by atoms with van der Waals surface area (Å²) in [6, 6.07) is 5.80. The maximum atomic E-state index is 6.04. The molecule has 0 N–H and O–H groups in total. The summed E-state index contributed by atoms with van der Waals surface area (Å²) in [5.41, 5.74) is 3.84. The second kappa shape index (κ2) is 5.41. The van der Waals surface area contributed by atoms with E-state index >= 15 is 0 Å². The number of hydrogen-bond acceptors (Lipinski definition) is 4. The van der Waals surface area contributed by atoms with Crippen molar-refractivity contribution >= 4 is 22.6 Å². The molecule has 0 unspecified atom stereocenters. The number of benzene rings is 1. The van der Waals surface area contributed by atoms with Crippen LogP contribution in [0.4, 0.5) is 0 Å². The van der Waals surface area contributed by atoms with Gasteiger partial charge < -0.3 is 13.8 Å². The standard InChI is InChI=1S/C15H16ClN3O2/c1-9-12(10(2)21-18-9)8-19-14-6-11(20-3)4-5-13(14)17-15(19)7-16/h4-6H,7-8H2,1-3H3. The van der Waals surface area contributed by atoms with Crippen LogP contribution in [0.15, 0.2) is 22.7 Å². The van der Waals surface area contributed by atoms with E-state index in [2.05, 4.69) is 14.7 Å². The van der Waals surface area contributed by atoms with Gasteiger partial charge in [0.25, 0.3) is 0 Å². The lowest BCUT2D eigenvalue weighted by Gasteiger charge is -2.08. The van der Waals surface area contributed by atoms with Gasteiger partial charge in [-0.05, 0) is 26.0 Å². The number of nitrogens with zero attached hydrogens (tertiary/aromatic N) is 3. The number of alkyl halides is 1. The van der Waals surface area contributed by atoms with Crippen LogP contribution >= 0.6 is 11.6 Å². The summed E-state index contributed by atoms with van der Waals surface area (Å²) in [4.78, 5) is 4.57. The second-order valence-electron chi connectivity index (χ2n) is 4.91. The lowest BCUT2D eigenvalue weighted by Crippen LogP contribution is -2.05. The predicted octanol–water partition coefficient (Wildman–Crippen LogP) is 3.44. The Morgan fingerprint density at radius 3 is 2.76 bits per heavy atom. The molecule has 3 rings (SSSR count). The molecule has 0 aliphatic carbocycles. The molecule has 3 aromatic rings. The van der Waals surface area contributed by atoms with Gasteiger partial charge in [-0.15, -0.1) is 11.6 Å². The second-order valence-corrected chi connectivity index (χ2v) is 5.17. The molecule has 2 heterocycles. The zero-order valence-corrected chi connectivity index (χ0v) is 12.9. The highest BCUT2D eigenvalue weighted by Crippen LogP contribution is 2.25. The summed E-state index contributed by atoms with van der Waals surface area (Å²) in [5, 5.41) is 4.00. The first-order valence-electron chi connectivity index (χ1n) is 6.65. The van der Waals surface area contributed by atoms with E-state index < -0.39 is 0 Å². The molecule has 0 fully saturated rings. The Bertz CT molecular complexity index is 772. The number of fused-ring (bicyclic) bond motifs is 1. The summed E-state index contributed by atoms with van der Waals surface area (Å²) in [6.45, 7) is 4.48. The van der Waals surface area contributed by atoms with Crippen molar-refractivity contribution in [2.75, 3.05) is 7.11 Å². The third-order valence-corrected chi connectivity index (χ3v) is 3.89. The van der Waals surface area contributed by atoms with Gasteiger partial charge in [0, 0.05) is 11.6 Å². The normalized spacial score (nSPS) is 11.2. The first kappa shape index (κ1) is 13.9. The first-order valence-corrected chi connectivity index (χ1v) is 7.18. The highest BCUT2D eigenvalue weighted by molar-refractivity contribution is 6.16. The zero-order chi connectivity index (χ0) is 15.0. The number of halogens is 1. The minimum absolute atomic E-state index is 0.348. The molecule has 21 heavy (non-hydrogen) atoms. The van der Waals surface area contributed by atoms with Crippen LogP contribution < -0.4 is 4.74 Å². The SMILES string of the molecule is COc1ccc2nc(CCl)n(Cc3c(C)noc3C)c2c1. The van der Waals surface area contributed by atoms with E-state index in [9.17, 15) is 0 Å². The van der Waals surface area contributed by atoms with E-state index in [1.54, 1.807) is 7.11 Å². The van der Waals surface area contributed by atoms with Gasteiger partial charge in [0.05, 0.1) is 36.3 Å². The molecule has 1 aromatic carbocycles. The Balaban J connectivity index is 2.15. The van der Waals surface area contributed by atoms with Crippen molar-refractivity contribution in [1.29, 1.82) is 0 Å². The lowest BCUT2D eigenvalue weighted by molar-refractivity contribution is 0.392. The third-order valence-electron chi connectivity index (χ3n) is 3.65. The zero-order valence-electron chi connectivity index (χ0n) is 12.2. The summed E-state index contributed by atoms with van der Waals surface area (Å²) in [5.74, 6) is 2.78. The van der Waals surface area contributed by atoms with Gasteiger partial charge >= 0.3 is 0 Å². The van der Waals surface area contributed by atoms with Crippen LogP contribution in [0, 0.1) is 13.8 Å². The summed E-state index contributed by atoms with van der Waals surface area (Å²) in [7, 11) is 1.65. The van der Waals surface area contributed by atoms with E-state index in [-0.39, 0.29) is 0 Å². The molecule has 0 saturated carbocycles. The monoisotopic (exact) mass is 305 g/mol. The van der Waals surface area contributed by atoms with Gasteiger partial charge in [-0.2, -0.15) is 0 Å². The van der Waals surface area contributed by atoms with Gasteiger partial charge in [0.2, 0.25) is 0 Å². The van der Waals surface area contributed by atoms with Crippen LogP contribution in [0.25, 0.3) is 11.0 Å². The molecule has 6 heteroatoms. The molecule has 5 nitrogen and oxygen atoms in total. The molecule has 2 aromatic heterocycles. The molecule has 0 aliphatic rings. The fourth-order valence-corrected chi connectivity index (χ4v) is 2.65. The van der Waals surface area contributed by atoms with E-state index in [1.807, 2.05) is 32.0 Å². The smallest absolute Gasteiger partial charge is 0.138 e. The van der Waals surface area contributed by atoms with Crippen molar-refractivity contribution in [2.24, 2.45) is 0 Å². The van der Waals surface area contributed by atoms with E-state index in [4.69, 9.17) is 20.9 Å². The van der Waals surface area contributed by atoms with Crippen LogP contribution in [0.5, 0.6) is 5.75 Å². The van der Waals surface area contributed by atoms with E-state index in [0.29, 0.717) is 12.4 Å². The number of methoxy groups -OCH3 is 1.